The van der Waals surface area contributed by atoms with Crippen molar-refractivity contribution in [2.45, 2.75) is 18.3 Å². The van der Waals surface area contributed by atoms with E-state index in [1.165, 1.54) is 0 Å². The van der Waals surface area contributed by atoms with Gasteiger partial charge in [0.25, 0.3) is 0 Å². The molecule has 8 heavy (non-hydrogen) atoms. The Morgan fingerprint density at radius 2 is 2.12 bits per heavy atom. The molecular formula is C5H12OS2. The summed E-state index contributed by atoms with van der Waals surface area (Å²) in [5.41, 5.74) is 0. The van der Waals surface area contributed by atoms with Crippen LogP contribution in [0.2, 0.25) is 0 Å². The molecule has 0 spiro atoms. The van der Waals surface area contributed by atoms with Gasteiger partial charge in [-0.1, -0.05) is 0 Å². The van der Waals surface area contributed by atoms with E-state index in [-0.39, 0.29) is 11.4 Å². The molecule has 0 amide bonds. The molecule has 0 saturated carbocycles. The highest BCUT2D eigenvalue weighted by molar-refractivity contribution is 7.84. The minimum absolute atomic E-state index is 0.204. The molecule has 3 heteroatoms. The number of hydrogen-bond donors (Lipinski definition) is 2. The Morgan fingerprint density at radius 1 is 1.62 bits per heavy atom. The Balaban J connectivity index is 3.29. The van der Waals surface area contributed by atoms with Crippen molar-refractivity contribution >= 4 is 25.3 Å². The summed E-state index contributed by atoms with van der Waals surface area (Å²) < 4.78 is 4.98. The fourth-order valence-corrected chi connectivity index (χ4v) is 0.724. The van der Waals surface area contributed by atoms with Gasteiger partial charge in [-0.2, -0.15) is 25.3 Å². The average Bonchev–Trinajstić information content (AvgIpc) is 1.84. The standard InChI is InChI=1S/C5H12OS2/c1-4(6-2)5(8)3-7/h4-5,7-8H,3H2,1-2H3. The van der Waals surface area contributed by atoms with Gasteiger partial charge in [0.1, 0.15) is 0 Å². The lowest BCUT2D eigenvalue weighted by molar-refractivity contribution is 0.121. The Hall–Kier alpha value is 0.660. The van der Waals surface area contributed by atoms with E-state index in [4.69, 9.17) is 4.74 Å². The summed E-state index contributed by atoms with van der Waals surface area (Å²) in [5, 5.41) is 0.253. The van der Waals surface area contributed by atoms with E-state index >= 15 is 0 Å². The van der Waals surface area contributed by atoms with E-state index < -0.39 is 0 Å². The van der Waals surface area contributed by atoms with E-state index in [0.717, 1.165) is 5.75 Å². The number of thiol groups is 2. The maximum absolute atomic E-state index is 4.98. The van der Waals surface area contributed by atoms with Gasteiger partial charge in [0, 0.05) is 18.1 Å². The lowest BCUT2D eigenvalue weighted by Crippen LogP contribution is -2.20. The minimum atomic E-state index is 0.204. The maximum Gasteiger partial charge on any atom is 0.0667 e. The lowest BCUT2D eigenvalue weighted by atomic mass is 10.3. The first-order chi connectivity index (χ1) is 3.72. The molecule has 1 nitrogen and oxygen atoms in total. The van der Waals surface area contributed by atoms with Gasteiger partial charge in [0.2, 0.25) is 0 Å². The normalized spacial score (nSPS) is 18.0. The third-order valence-electron chi connectivity index (χ3n) is 1.10. The predicted molar refractivity (Wildman–Crippen MR) is 43.1 cm³/mol. The molecule has 0 N–H and O–H groups in total. The first-order valence-corrected chi connectivity index (χ1v) is 3.69. The molecule has 50 valence electrons. The van der Waals surface area contributed by atoms with Gasteiger partial charge in [0.05, 0.1) is 6.10 Å². The zero-order chi connectivity index (χ0) is 6.57. The van der Waals surface area contributed by atoms with Crippen LogP contribution in [0.5, 0.6) is 0 Å². The van der Waals surface area contributed by atoms with Crippen LogP contribution < -0.4 is 0 Å². The minimum Gasteiger partial charge on any atom is -0.381 e. The summed E-state index contributed by atoms with van der Waals surface area (Å²) in [6.45, 7) is 1.98. The molecule has 0 aliphatic rings. The van der Waals surface area contributed by atoms with Gasteiger partial charge in [-0.3, -0.25) is 0 Å². The van der Waals surface area contributed by atoms with Crippen LogP contribution in [-0.4, -0.2) is 24.2 Å². The van der Waals surface area contributed by atoms with Crippen LogP contribution in [0, 0.1) is 0 Å². The third-order valence-corrected chi connectivity index (χ3v) is 2.38. The lowest BCUT2D eigenvalue weighted by Gasteiger charge is -2.13. The fourth-order valence-electron chi connectivity index (χ4n) is 0.306. The molecule has 2 atom stereocenters. The van der Waals surface area contributed by atoms with Crippen molar-refractivity contribution in [1.29, 1.82) is 0 Å². The summed E-state index contributed by atoms with van der Waals surface area (Å²) in [6, 6.07) is 0. The molecule has 0 radical (unpaired) electrons. The zero-order valence-corrected chi connectivity index (χ0v) is 6.95. The van der Waals surface area contributed by atoms with Crippen LogP contribution >= 0.6 is 25.3 Å². The van der Waals surface area contributed by atoms with Crippen LogP contribution in [0.1, 0.15) is 6.92 Å². The van der Waals surface area contributed by atoms with Gasteiger partial charge in [-0.25, -0.2) is 0 Å². The maximum atomic E-state index is 4.98. The van der Waals surface area contributed by atoms with Gasteiger partial charge in [-0.15, -0.1) is 0 Å². The highest BCUT2D eigenvalue weighted by Gasteiger charge is 2.08. The van der Waals surface area contributed by atoms with Crippen LogP contribution in [-0.2, 0) is 4.74 Å². The van der Waals surface area contributed by atoms with Gasteiger partial charge >= 0.3 is 0 Å². The monoisotopic (exact) mass is 152 g/mol. The quantitative estimate of drug-likeness (QED) is 0.579. The Morgan fingerprint density at radius 3 is 2.25 bits per heavy atom. The molecule has 0 aromatic heterocycles. The van der Waals surface area contributed by atoms with Crippen LogP contribution in [0.3, 0.4) is 0 Å². The van der Waals surface area contributed by atoms with E-state index in [1.807, 2.05) is 6.92 Å². The molecule has 0 saturated heterocycles. The van der Waals surface area contributed by atoms with Crippen molar-refractivity contribution in [3.05, 3.63) is 0 Å². The SMILES string of the molecule is COC(C)C(S)CS. The van der Waals surface area contributed by atoms with E-state index in [9.17, 15) is 0 Å². The van der Waals surface area contributed by atoms with Crippen molar-refractivity contribution in [3.8, 4) is 0 Å². The molecular weight excluding hydrogens is 140 g/mol. The van der Waals surface area contributed by atoms with Crippen LogP contribution in [0.15, 0.2) is 0 Å². The Bertz CT molecular complexity index is 50.4. The van der Waals surface area contributed by atoms with Gasteiger partial charge < -0.3 is 4.74 Å². The highest BCUT2D eigenvalue weighted by Crippen LogP contribution is 2.05. The number of hydrogen-bond acceptors (Lipinski definition) is 3. The van der Waals surface area contributed by atoms with E-state index in [0.29, 0.717) is 0 Å². The highest BCUT2D eigenvalue weighted by atomic mass is 32.1. The Labute approximate surface area is 61.6 Å². The van der Waals surface area contributed by atoms with Crippen molar-refractivity contribution < 1.29 is 4.74 Å². The fraction of sp³-hybridized carbons (Fsp3) is 1.00. The number of rotatable bonds is 3. The smallest absolute Gasteiger partial charge is 0.0667 e. The van der Waals surface area contributed by atoms with Gasteiger partial charge in [0.15, 0.2) is 0 Å². The molecule has 0 rings (SSSR count). The van der Waals surface area contributed by atoms with Crippen molar-refractivity contribution in [2.24, 2.45) is 0 Å². The summed E-state index contributed by atoms with van der Waals surface area (Å²) in [7, 11) is 1.68. The predicted octanol–water partition coefficient (Wildman–Crippen LogP) is 1.25. The second-order valence-electron chi connectivity index (χ2n) is 1.69. The molecule has 0 bridgehead atoms. The Kier molecular flexibility index (Phi) is 4.90. The summed E-state index contributed by atoms with van der Waals surface area (Å²) in [4.78, 5) is 0. The van der Waals surface area contributed by atoms with Crippen molar-refractivity contribution in [2.75, 3.05) is 12.9 Å². The number of methoxy groups -OCH3 is 1. The molecule has 0 aromatic rings. The molecule has 0 aliphatic heterocycles. The molecule has 0 aliphatic carbocycles. The summed E-state index contributed by atoms with van der Waals surface area (Å²) in [5.74, 6) is 0.762. The van der Waals surface area contributed by atoms with Crippen molar-refractivity contribution in [3.63, 3.8) is 0 Å². The van der Waals surface area contributed by atoms with Crippen LogP contribution in [0.4, 0.5) is 0 Å². The molecule has 2 unspecified atom stereocenters. The molecule has 0 aromatic carbocycles. The van der Waals surface area contributed by atoms with E-state index in [2.05, 4.69) is 25.3 Å². The van der Waals surface area contributed by atoms with Crippen molar-refractivity contribution in [1.82, 2.24) is 0 Å². The summed E-state index contributed by atoms with van der Waals surface area (Å²) in [6.07, 6.45) is 0.204. The topological polar surface area (TPSA) is 9.23 Å². The largest absolute Gasteiger partial charge is 0.381 e. The zero-order valence-electron chi connectivity index (χ0n) is 5.16. The molecule has 0 heterocycles. The molecule has 0 fully saturated rings. The van der Waals surface area contributed by atoms with Gasteiger partial charge in [-0.05, 0) is 6.92 Å². The first-order valence-electron chi connectivity index (χ1n) is 2.54. The average molecular weight is 152 g/mol. The second-order valence-corrected chi connectivity index (χ2v) is 2.72. The van der Waals surface area contributed by atoms with Crippen LogP contribution in [0.25, 0.3) is 0 Å². The summed E-state index contributed by atoms with van der Waals surface area (Å²) >= 11 is 8.26. The number of ether oxygens (including phenoxy) is 1. The first kappa shape index (κ1) is 8.66. The van der Waals surface area contributed by atoms with E-state index in [1.54, 1.807) is 7.11 Å². The second kappa shape index (κ2) is 4.53. The third kappa shape index (κ3) is 2.84.